The number of nitrogens with zero attached hydrogens (tertiary/aromatic N) is 1. The van der Waals surface area contributed by atoms with E-state index >= 15 is 0 Å². The standard InChI is InChI=1S/C19H39N4O2P/c1-8-11-12-17(18(24)21-15-26-22-14-25-10-3)19(4,20-5)16(9-2)13-23(6)7/h9,11-12,16-17,20,22,26H,2,8,10,13-15H2,1,3-7H3,(H,21,24)/b12-11-/t16-,17?,19+/m0/s1. The summed E-state index contributed by atoms with van der Waals surface area (Å²) in [4.78, 5) is 15.1. The second kappa shape index (κ2) is 14.3. The summed E-state index contributed by atoms with van der Waals surface area (Å²) in [7, 11) is 6.41. The maximum absolute atomic E-state index is 12.9. The molecular weight excluding hydrogens is 347 g/mol. The van der Waals surface area contributed by atoms with Crippen molar-refractivity contribution < 1.29 is 9.53 Å². The van der Waals surface area contributed by atoms with Gasteiger partial charge in [0.15, 0.2) is 0 Å². The van der Waals surface area contributed by atoms with Gasteiger partial charge in [-0.15, -0.1) is 6.58 Å². The minimum Gasteiger partial charge on any atom is -0.366 e. The highest BCUT2D eigenvalue weighted by Crippen LogP contribution is 2.29. The maximum atomic E-state index is 12.9. The minimum absolute atomic E-state index is 0.0304. The Morgan fingerprint density at radius 3 is 2.58 bits per heavy atom. The van der Waals surface area contributed by atoms with Crippen LogP contribution in [0.1, 0.15) is 27.2 Å². The molecule has 0 saturated heterocycles. The fourth-order valence-corrected chi connectivity index (χ4v) is 3.41. The van der Waals surface area contributed by atoms with E-state index in [4.69, 9.17) is 4.74 Å². The van der Waals surface area contributed by atoms with Gasteiger partial charge < -0.3 is 20.3 Å². The molecule has 26 heavy (non-hydrogen) atoms. The Morgan fingerprint density at radius 2 is 2.08 bits per heavy atom. The van der Waals surface area contributed by atoms with Crippen LogP contribution in [0.3, 0.4) is 0 Å². The SMILES string of the molecule is C=C[C@@H](CN(C)C)[C@@](C)(NC)C(/C=C\CC)C(=O)NCPNCOCC. The lowest BCUT2D eigenvalue weighted by Crippen LogP contribution is -2.58. The topological polar surface area (TPSA) is 65.6 Å². The van der Waals surface area contributed by atoms with Crippen molar-refractivity contribution >= 4 is 14.6 Å². The quantitative estimate of drug-likeness (QED) is 0.174. The third-order valence-corrected chi connectivity index (χ3v) is 5.25. The summed E-state index contributed by atoms with van der Waals surface area (Å²) in [5.41, 5.74) is -0.427. The van der Waals surface area contributed by atoms with Crippen molar-refractivity contribution in [2.75, 3.05) is 47.3 Å². The summed E-state index contributed by atoms with van der Waals surface area (Å²) in [5.74, 6) is -0.131. The molecule has 3 N–H and O–H groups in total. The van der Waals surface area contributed by atoms with Crippen LogP contribution in [0.5, 0.6) is 0 Å². The predicted octanol–water partition coefficient (Wildman–Crippen LogP) is 2.16. The van der Waals surface area contributed by atoms with Crippen LogP contribution in [0.4, 0.5) is 0 Å². The highest BCUT2D eigenvalue weighted by molar-refractivity contribution is 7.35. The van der Waals surface area contributed by atoms with Crippen LogP contribution in [0, 0.1) is 11.8 Å². The van der Waals surface area contributed by atoms with Crippen molar-refractivity contribution in [1.82, 2.24) is 20.6 Å². The Morgan fingerprint density at radius 1 is 1.38 bits per heavy atom. The summed E-state index contributed by atoms with van der Waals surface area (Å²) in [6.45, 7) is 12.2. The van der Waals surface area contributed by atoms with Crippen LogP contribution in [0.2, 0.25) is 0 Å². The van der Waals surface area contributed by atoms with E-state index in [1.54, 1.807) is 0 Å². The van der Waals surface area contributed by atoms with Crippen LogP contribution in [-0.4, -0.2) is 63.7 Å². The second-order valence-corrected chi connectivity index (χ2v) is 7.72. The Labute approximate surface area is 162 Å². The molecule has 0 aromatic carbocycles. The van der Waals surface area contributed by atoms with Crippen LogP contribution < -0.4 is 15.7 Å². The summed E-state index contributed by atoms with van der Waals surface area (Å²) >= 11 is 0. The molecule has 6 nitrogen and oxygen atoms in total. The van der Waals surface area contributed by atoms with E-state index in [9.17, 15) is 4.79 Å². The van der Waals surface area contributed by atoms with Crippen molar-refractivity contribution in [3.05, 3.63) is 24.8 Å². The van der Waals surface area contributed by atoms with Crippen LogP contribution in [0.15, 0.2) is 24.8 Å². The van der Waals surface area contributed by atoms with Crippen molar-refractivity contribution in [3.8, 4) is 0 Å². The number of ether oxygens (including phenoxy) is 1. The van der Waals surface area contributed by atoms with Crippen LogP contribution in [-0.2, 0) is 9.53 Å². The molecule has 0 radical (unpaired) electrons. The number of carbonyl (C=O) groups excluding carboxylic acids is 1. The van der Waals surface area contributed by atoms with Crippen LogP contribution in [0.25, 0.3) is 0 Å². The van der Waals surface area contributed by atoms with Gasteiger partial charge in [-0.3, -0.25) is 9.88 Å². The highest BCUT2D eigenvalue weighted by Gasteiger charge is 2.41. The summed E-state index contributed by atoms with van der Waals surface area (Å²) < 4.78 is 5.24. The fourth-order valence-electron chi connectivity index (χ4n) is 2.81. The molecule has 0 fully saturated rings. The zero-order chi connectivity index (χ0) is 20.0. The molecule has 0 bridgehead atoms. The Kier molecular flexibility index (Phi) is 13.9. The lowest BCUT2D eigenvalue weighted by atomic mass is 9.74. The zero-order valence-corrected chi connectivity index (χ0v) is 18.4. The smallest absolute Gasteiger partial charge is 0.229 e. The first-order valence-electron chi connectivity index (χ1n) is 9.31. The molecule has 0 rings (SSSR count). The third kappa shape index (κ3) is 8.74. The van der Waals surface area contributed by atoms with Gasteiger partial charge in [0, 0.05) is 30.9 Å². The Balaban J connectivity index is 5.13. The maximum Gasteiger partial charge on any atom is 0.229 e. The Hall–Kier alpha value is -0.780. The molecule has 0 aromatic rings. The molecule has 4 atom stereocenters. The van der Waals surface area contributed by atoms with Gasteiger partial charge in [0.2, 0.25) is 5.91 Å². The van der Waals surface area contributed by atoms with E-state index in [1.165, 1.54) is 0 Å². The Bertz CT molecular complexity index is 432. The summed E-state index contributed by atoms with van der Waals surface area (Å²) in [6, 6.07) is 0. The first-order valence-corrected chi connectivity index (χ1v) is 10.5. The first-order chi connectivity index (χ1) is 12.4. The largest absolute Gasteiger partial charge is 0.366 e. The van der Waals surface area contributed by atoms with E-state index < -0.39 is 5.54 Å². The lowest BCUT2D eigenvalue weighted by molar-refractivity contribution is -0.125. The van der Waals surface area contributed by atoms with Gasteiger partial charge in [0.1, 0.15) is 0 Å². The van der Waals surface area contributed by atoms with E-state index in [0.717, 1.165) is 13.0 Å². The van der Waals surface area contributed by atoms with Crippen molar-refractivity contribution in [2.24, 2.45) is 11.8 Å². The molecule has 0 aliphatic rings. The van der Waals surface area contributed by atoms with Gasteiger partial charge >= 0.3 is 0 Å². The molecule has 2 unspecified atom stereocenters. The van der Waals surface area contributed by atoms with Gasteiger partial charge in [-0.05, 0) is 50.1 Å². The van der Waals surface area contributed by atoms with Crippen molar-refractivity contribution in [1.29, 1.82) is 0 Å². The number of hydrogen-bond donors (Lipinski definition) is 3. The molecule has 152 valence electrons. The van der Waals surface area contributed by atoms with Crippen molar-refractivity contribution in [2.45, 2.75) is 32.7 Å². The van der Waals surface area contributed by atoms with Crippen LogP contribution >= 0.6 is 8.73 Å². The second-order valence-electron chi connectivity index (χ2n) is 6.66. The number of nitrogens with one attached hydrogen (secondary N) is 3. The molecular formula is C19H39N4O2P. The molecule has 7 heteroatoms. The molecule has 0 spiro atoms. The van der Waals surface area contributed by atoms with Gasteiger partial charge in [-0.2, -0.15) is 0 Å². The highest BCUT2D eigenvalue weighted by atomic mass is 31.1. The average molecular weight is 387 g/mol. The van der Waals surface area contributed by atoms with Gasteiger partial charge in [0.05, 0.1) is 12.6 Å². The molecule has 0 heterocycles. The molecule has 0 aliphatic carbocycles. The van der Waals surface area contributed by atoms with E-state index in [-0.39, 0.29) is 17.7 Å². The van der Waals surface area contributed by atoms with Gasteiger partial charge in [-0.1, -0.05) is 25.2 Å². The average Bonchev–Trinajstić information content (AvgIpc) is 2.62. The molecule has 0 aliphatic heterocycles. The summed E-state index contributed by atoms with van der Waals surface area (Å²) in [5, 5.41) is 9.63. The number of hydrogen-bond acceptors (Lipinski definition) is 5. The fraction of sp³-hybridized carbons (Fsp3) is 0.737. The number of amides is 1. The number of rotatable bonds is 15. The monoisotopic (exact) mass is 386 g/mol. The first kappa shape index (κ1) is 25.2. The molecule has 0 saturated carbocycles. The lowest BCUT2D eigenvalue weighted by Gasteiger charge is -2.42. The van der Waals surface area contributed by atoms with Gasteiger partial charge in [-0.25, -0.2) is 0 Å². The van der Waals surface area contributed by atoms with E-state index in [0.29, 0.717) is 28.4 Å². The van der Waals surface area contributed by atoms with Crippen molar-refractivity contribution in [3.63, 3.8) is 0 Å². The predicted molar refractivity (Wildman–Crippen MR) is 114 cm³/mol. The number of allylic oxidation sites excluding steroid dienone is 1. The number of carbonyl (C=O) groups is 1. The normalized spacial score (nSPS) is 16.9. The molecule has 0 aromatic heterocycles. The van der Waals surface area contributed by atoms with E-state index in [2.05, 4.69) is 47.1 Å². The van der Waals surface area contributed by atoms with Gasteiger partial charge in [0.25, 0.3) is 0 Å². The zero-order valence-electron chi connectivity index (χ0n) is 17.4. The summed E-state index contributed by atoms with van der Waals surface area (Å²) in [6.07, 6.45) is 7.52. The van der Waals surface area contributed by atoms with E-state index in [1.807, 2.05) is 40.2 Å². The molecule has 1 amide bonds. The third-order valence-electron chi connectivity index (χ3n) is 4.50. The minimum atomic E-state index is -0.427.